The second-order valence-electron chi connectivity index (χ2n) is 23.4. The van der Waals surface area contributed by atoms with Gasteiger partial charge in [-0.2, -0.15) is 0 Å². The van der Waals surface area contributed by atoms with Crippen LogP contribution in [0.1, 0.15) is 105 Å². The van der Waals surface area contributed by atoms with Crippen molar-refractivity contribution in [1.82, 2.24) is 18.9 Å². The third-order valence-corrected chi connectivity index (χ3v) is 14.4. The third-order valence-electron chi connectivity index (χ3n) is 14.4. The van der Waals surface area contributed by atoms with Crippen LogP contribution < -0.4 is 0 Å². The van der Waals surface area contributed by atoms with E-state index in [0.29, 0.717) is 5.82 Å². The summed E-state index contributed by atoms with van der Waals surface area (Å²) in [5.74, 6) is 0.975. The molecule has 0 amide bonds. The van der Waals surface area contributed by atoms with Crippen molar-refractivity contribution in [2.45, 2.75) is 105 Å². The number of phenols is 1. The summed E-state index contributed by atoms with van der Waals surface area (Å²) in [4.78, 5) is 10.8. The Balaban J connectivity index is 1.25. The van der Waals surface area contributed by atoms with Crippen molar-refractivity contribution in [3.05, 3.63) is 174 Å². The lowest BCUT2D eigenvalue weighted by Gasteiger charge is -2.28. The molecule has 344 valence electrons. The molecule has 0 bridgehead atoms. The topological polar surface area (TPSA) is 55.4 Å². The summed E-state index contributed by atoms with van der Waals surface area (Å²) >= 11 is 0. The van der Waals surface area contributed by atoms with Gasteiger partial charge >= 0.3 is 0 Å². The number of aromatic nitrogens is 4. The van der Waals surface area contributed by atoms with E-state index in [1.165, 1.54) is 49.2 Å². The molecule has 0 fully saturated rings. The van der Waals surface area contributed by atoms with E-state index in [1.807, 2.05) is 6.20 Å². The maximum atomic E-state index is 12.8. The second-order valence-corrected chi connectivity index (χ2v) is 23.4. The summed E-state index contributed by atoms with van der Waals surface area (Å²) in [5, 5.41) is 17.7. The molecule has 0 atom stereocenters. The number of nitrogens with zero attached hydrogens (tertiary/aromatic N) is 4. The van der Waals surface area contributed by atoms with Gasteiger partial charge in [-0.15, -0.1) is 0 Å². The molecule has 0 spiro atoms. The highest BCUT2D eigenvalue weighted by molar-refractivity contribution is 6.23. The molecule has 5 nitrogen and oxygen atoms in total. The van der Waals surface area contributed by atoms with E-state index >= 15 is 0 Å². The van der Waals surface area contributed by atoms with Gasteiger partial charge in [-0.1, -0.05) is 174 Å². The molecule has 5 heteroatoms. The first-order valence-electron chi connectivity index (χ1n) is 24.5. The van der Waals surface area contributed by atoms with Crippen LogP contribution in [0.2, 0.25) is 0 Å². The summed E-state index contributed by atoms with van der Waals surface area (Å²) < 4.78 is 4.83. The first kappa shape index (κ1) is 44.3. The number of rotatable bonds is 5. The SMILES string of the molecule is CC(C)(C)c1cc(-c2cc(-c3ccccc3)ccn2)cc(-c2cccc3c2nc(-c2cc(C(C)(C)C)cc(C(C)(C)C)c2O)n3-c2cc3c4cccc5c6ccccc6n(c3cc2C(C)(C)C)c54)c1. The number of phenolic OH excluding ortho intramolecular Hbond substituents is 1. The zero-order chi connectivity index (χ0) is 48.5. The van der Waals surface area contributed by atoms with E-state index in [4.69, 9.17) is 9.97 Å². The van der Waals surface area contributed by atoms with Gasteiger partial charge in [-0.05, 0) is 110 Å². The van der Waals surface area contributed by atoms with Crippen molar-refractivity contribution >= 4 is 49.1 Å². The van der Waals surface area contributed by atoms with Crippen LogP contribution in [0, 0.1) is 0 Å². The molecule has 1 N–H and O–H groups in total. The van der Waals surface area contributed by atoms with Gasteiger partial charge in [0.15, 0.2) is 0 Å². The van der Waals surface area contributed by atoms with Gasteiger partial charge in [-0.25, -0.2) is 4.98 Å². The van der Waals surface area contributed by atoms with E-state index in [2.05, 4.69) is 238 Å². The van der Waals surface area contributed by atoms with Crippen LogP contribution in [0.25, 0.3) is 99.7 Å². The number of benzene rings is 7. The molecule has 0 saturated carbocycles. The number of aromatic hydroxyl groups is 1. The predicted octanol–water partition coefficient (Wildman–Crippen LogP) is 17.1. The van der Waals surface area contributed by atoms with E-state index in [-0.39, 0.29) is 27.4 Å². The highest BCUT2D eigenvalue weighted by atomic mass is 16.3. The summed E-state index contributed by atoms with van der Waals surface area (Å²) in [6, 6.07) is 53.0. The molecule has 7 aromatic carbocycles. The fraction of sp³-hybridized carbons (Fsp3) is 0.250. The average molecular weight is 903 g/mol. The van der Waals surface area contributed by atoms with Gasteiger partial charge < -0.3 is 9.51 Å². The quantitative estimate of drug-likeness (QED) is 0.187. The highest BCUT2D eigenvalue weighted by Crippen LogP contribution is 2.48. The summed E-state index contributed by atoms with van der Waals surface area (Å²) in [6.45, 7) is 27.0. The van der Waals surface area contributed by atoms with Gasteiger partial charge in [0.05, 0.1) is 44.5 Å². The molecule has 69 heavy (non-hydrogen) atoms. The lowest BCUT2D eigenvalue weighted by atomic mass is 9.78. The molecule has 11 rings (SSSR count). The molecular weight excluding hydrogens is 841 g/mol. The second kappa shape index (κ2) is 15.4. The molecule has 4 aromatic heterocycles. The smallest absolute Gasteiger partial charge is 0.149 e. The lowest BCUT2D eigenvalue weighted by Crippen LogP contribution is -2.18. The zero-order valence-electron chi connectivity index (χ0n) is 42.2. The first-order chi connectivity index (χ1) is 32.7. The largest absolute Gasteiger partial charge is 0.507 e. The molecule has 11 aromatic rings. The van der Waals surface area contributed by atoms with Crippen LogP contribution in [0.5, 0.6) is 5.75 Å². The Hall–Kier alpha value is -7.24. The number of hydrogen-bond donors (Lipinski definition) is 1. The number of para-hydroxylation sites is 3. The minimum atomic E-state index is -0.336. The zero-order valence-corrected chi connectivity index (χ0v) is 42.2. The Bertz CT molecular complexity index is 3820. The van der Waals surface area contributed by atoms with Gasteiger partial charge in [0.25, 0.3) is 0 Å². The van der Waals surface area contributed by atoms with Crippen LogP contribution in [0.4, 0.5) is 0 Å². The summed E-state index contributed by atoms with van der Waals surface area (Å²) in [6.07, 6.45) is 1.92. The maximum Gasteiger partial charge on any atom is 0.149 e. The molecule has 0 aliphatic carbocycles. The van der Waals surface area contributed by atoms with Crippen LogP contribution in [-0.4, -0.2) is 24.0 Å². The van der Waals surface area contributed by atoms with Crippen molar-refractivity contribution in [1.29, 1.82) is 0 Å². The van der Waals surface area contributed by atoms with Gasteiger partial charge in [-0.3, -0.25) is 9.55 Å². The highest BCUT2D eigenvalue weighted by Gasteiger charge is 2.32. The molecule has 0 aliphatic heterocycles. The fourth-order valence-corrected chi connectivity index (χ4v) is 10.6. The molecule has 0 aliphatic rings. The monoisotopic (exact) mass is 902 g/mol. The number of fused-ring (bicyclic) bond motifs is 7. The molecule has 0 unspecified atom stereocenters. The molecule has 4 heterocycles. The maximum absolute atomic E-state index is 12.8. The Kier molecular flexibility index (Phi) is 9.87. The van der Waals surface area contributed by atoms with Crippen LogP contribution in [0.3, 0.4) is 0 Å². The number of pyridine rings is 1. The minimum absolute atomic E-state index is 0.151. The standard InChI is InChI=1S/C64H62N4O/c1-61(2,3)42-31-40(30-41(32-42)52-33-39(28-29-65-52)38-20-14-13-15-21-38)44-23-19-27-54-57(44)66-60(49-34-43(62(4,5)6)35-51(59(49)69)64(10,11)12)68(54)56-36-48-47-25-18-24-46-45-22-16-17-26-53(45)67(58(46)47)55(48)37-50(56)63(7,8)9/h13-37,69H,1-12H3. The van der Waals surface area contributed by atoms with E-state index in [0.717, 1.165) is 66.9 Å². The Labute approximate surface area is 406 Å². The van der Waals surface area contributed by atoms with Gasteiger partial charge in [0.2, 0.25) is 0 Å². The van der Waals surface area contributed by atoms with Crippen LogP contribution in [0.15, 0.2) is 152 Å². The van der Waals surface area contributed by atoms with E-state index in [9.17, 15) is 5.11 Å². The van der Waals surface area contributed by atoms with Gasteiger partial charge in [0, 0.05) is 44.4 Å². The van der Waals surface area contributed by atoms with E-state index < -0.39 is 0 Å². The Morgan fingerprint density at radius 1 is 0.435 bits per heavy atom. The first-order valence-corrected chi connectivity index (χ1v) is 24.5. The lowest BCUT2D eigenvalue weighted by molar-refractivity contribution is 0.446. The summed E-state index contributed by atoms with van der Waals surface area (Å²) in [7, 11) is 0. The minimum Gasteiger partial charge on any atom is -0.507 e. The molecule has 0 saturated heterocycles. The number of hydrogen-bond acceptors (Lipinski definition) is 3. The van der Waals surface area contributed by atoms with Gasteiger partial charge in [0.1, 0.15) is 11.6 Å². The molecular formula is C64H62N4O. The van der Waals surface area contributed by atoms with Crippen molar-refractivity contribution in [3.63, 3.8) is 0 Å². The molecule has 0 radical (unpaired) electrons. The van der Waals surface area contributed by atoms with Crippen molar-refractivity contribution in [2.75, 3.05) is 0 Å². The van der Waals surface area contributed by atoms with Crippen molar-refractivity contribution in [3.8, 4) is 56.3 Å². The van der Waals surface area contributed by atoms with E-state index in [1.54, 1.807) is 0 Å². The fourth-order valence-electron chi connectivity index (χ4n) is 10.6. The Morgan fingerprint density at radius 2 is 1.06 bits per heavy atom. The average Bonchev–Trinajstić information content (AvgIpc) is 3.97. The predicted molar refractivity (Wildman–Crippen MR) is 292 cm³/mol. The normalized spacial score (nSPS) is 13.0. The van der Waals surface area contributed by atoms with Crippen LogP contribution >= 0.6 is 0 Å². The summed E-state index contributed by atoms with van der Waals surface area (Å²) in [5.41, 5.74) is 17.1. The Morgan fingerprint density at radius 3 is 1.77 bits per heavy atom. The van der Waals surface area contributed by atoms with Crippen molar-refractivity contribution in [2.24, 2.45) is 0 Å². The number of imidazole rings is 1. The van der Waals surface area contributed by atoms with Crippen molar-refractivity contribution < 1.29 is 5.11 Å². The van der Waals surface area contributed by atoms with Crippen LogP contribution in [-0.2, 0) is 21.7 Å². The third kappa shape index (κ3) is 7.28.